The fraction of sp³-hybridized carbons (Fsp3) is 0.588. The average Bonchev–Trinajstić information content (AvgIpc) is 2.56. The van der Waals surface area contributed by atoms with Crippen LogP contribution in [0.5, 0.6) is 5.75 Å². The normalized spacial score (nSPS) is 11.8. The molecule has 1 aromatic rings. The van der Waals surface area contributed by atoms with Gasteiger partial charge in [0.25, 0.3) is 0 Å². The monoisotopic (exact) mass is 324 g/mol. The Morgan fingerprint density at radius 2 is 2.04 bits per heavy atom. The number of ether oxygens (including phenoxy) is 2. The van der Waals surface area contributed by atoms with E-state index in [0.717, 1.165) is 25.8 Å². The summed E-state index contributed by atoms with van der Waals surface area (Å²) in [6, 6.07) is 7.23. The maximum Gasteiger partial charge on any atom is 0.411 e. The van der Waals surface area contributed by atoms with Crippen LogP contribution in [0.25, 0.3) is 0 Å². The summed E-state index contributed by atoms with van der Waals surface area (Å²) in [5, 5.41) is 15.3. The van der Waals surface area contributed by atoms with Gasteiger partial charge in [-0.05, 0) is 25.1 Å². The van der Waals surface area contributed by atoms with Crippen molar-refractivity contribution in [2.45, 2.75) is 39.2 Å². The molecule has 1 rings (SSSR count). The summed E-state index contributed by atoms with van der Waals surface area (Å²) in [6.45, 7) is 5.78. The number of amides is 1. The van der Waals surface area contributed by atoms with Crippen molar-refractivity contribution in [3.8, 4) is 5.75 Å². The molecule has 0 aromatic heterocycles. The van der Waals surface area contributed by atoms with E-state index in [0.29, 0.717) is 24.6 Å². The minimum atomic E-state index is -0.721. The summed E-state index contributed by atoms with van der Waals surface area (Å²) in [7, 11) is 0. The molecule has 0 aliphatic heterocycles. The number of hydrogen-bond acceptors (Lipinski definition) is 5. The Bertz CT molecular complexity index is 454. The fourth-order valence-electron chi connectivity index (χ4n) is 1.92. The molecule has 6 nitrogen and oxygen atoms in total. The van der Waals surface area contributed by atoms with Crippen LogP contribution >= 0.6 is 0 Å². The second-order valence-electron chi connectivity index (χ2n) is 5.24. The Balaban J connectivity index is 2.41. The number of hydrogen-bond donors (Lipinski definition) is 3. The first-order chi connectivity index (χ1) is 11.2. The summed E-state index contributed by atoms with van der Waals surface area (Å²) in [5.74, 6) is 0.619. The third kappa shape index (κ3) is 8.42. The number of carbonyl (C=O) groups excluding carboxylic acids is 1. The van der Waals surface area contributed by atoms with Crippen LogP contribution in [0.3, 0.4) is 0 Å². The van der Waals surface area contributed by atoms with Crippen molar-refractivity contribution in [1.82, 2.24) is 5.32 Å². The molecule has 0 spiro atoms. The van der Waals surface area contributed by atoms with E-state index >= 15 is 0 Å². The van der Waals surface area contributed by atoms with Gasteiger partial charge in [0.1, 0.15) is 18.5 Å². The summed E-state index contributed by atoms with van der Waals surface area (Å²) < 4.78 is 10.7. The van der Waals surface area contributed by atoms with Crippen LogP contribution in [-0.2, 0) is 4.74 Å². The second kappa shape index (κ2) is 11.7. The number of para-hydroxylation sites is 2. The smallest absolute Gasteiger partial charge is 0.411 e. The van der Waals surface area contributed by atoms with Crippen LogP contribution in [0.15, 0.2) is 24.3 Å². The predicted molar refractivity (Wildman–Crippen MR) is 91.0 cm³/mol. The number of aliphatic hydroxyl groups is 1. The van der Waals surface area contributed by atoms with Crippen LogP contribution in [0.1, 0.15) is 33.1 Å². The van der Waals surface area contributed by atoms with Crippen LogP contribution in [0, 0.1) is 0 Å². The molecule has 0 saturated heterocycles. The van der Waals surface area contributed by atoms with Gasteiger partial charge in [0, 0.05) is 6.54 Å². The summed E-state index contributed by atoms with van der Waals surface area (Å²) >= 11 is 0. The van der Waals surface area contributed by atoms with Crippen molar-refractivity contribution in [2.24, 2.45) is 0 Å². The first-order valence-corrected chi connectivity index (χ1v) is 8.21. The SMILES string of the molecule is CCCCCOc1ccccc1NC(=O)OCC(O)CNCC. The standard InChI is InChI=1S/C17H28N2O4/c1-3-5-8-11-22-16-10-7-6-9-15(16)19-17(21)23-13-14(20)12-18-4-2/h6-7,9-10,14,18,20H,3-5,8,11-13H2,1-2H3,(H,19,21). The highest BCUT2D eigenvalue weighted by Gasteiger charge is 2.11. The molecular formula is C17H28N2O4. The topological polar surface area (TPSA) is 79.8 Å². The highest BCUT2D eigenvalue weighted by atomic mass is 16.6. The third-order valence-corrected chi connectivity index (χ3v) is 3.17. The summed E-state index contributed by atoms with van der Waals surface area (Å²) in [5.41, 5.74) is 0.565. The minimum absolute atomic E-state index is 0.0572. The Labute approximate surface area is 138 Å². The van der Waals surface area contributed by atoms with E-state index in [2.05, 4.69) is 17.6 Å². The molecule has 0 heterocycles. The van der Waals surface area contributed by atoms with Crippen molar-refractivity contribution in [3.05, 3.63) is 24.3 Å². The number of unbranched alkanes of at least 4 members (excludes halogenated alkanes) is 2. The molecule has 0 aliphatic carbocycles. The predicted octanol–water partition coefficient (Wildman–Crippen LogP) is 2.77. The summed E-state index contributed by atoms with van der Waals surface area (Å²) in [6.07, 6.45) is 1.89. The first-order valence-electron chi connectivity index (χ1n) is 8.21. The number of aliphatic hydroxyl groups excluding tert-OH is 1. The van der Waals surface area contributed by atoms with Gasteiger partial charge >= 0.3 is 6.09 Å². The van der Waals surface area contributed by atoms with Crippen LogP contribution < -0.4 is 15.4 Å². The van der Waals surface area contributed by atoms with Gasteiger partial charge in [-0.3, -0.25) is 5.32 Å². The molecule has 1 unspecified atom stereocenters. The van der Waals surface area contributed by atoms with Crippen LogP contribution in [0.4, 0.5) is 10.5 Å². The van der Waals surface area contributed by atoms with E-state index in [1.807, 2.05) is 25.1 Å². The number of benzene rings is 1. The van der Waals surface area contributed by atoms with Gasteiger partial charge in [0.05, 0.1) is 12.3 Å². The lowest BCUT2D eigenvalue weighted by molar-refractivity contribution is 0.0753. The van der Waals surface area contributed by atoms with Gasteiger partial charge in [0.15, 0.2) is 0 Å². The molecular weight excluding hydrogens is 296 g/mol. The molecule has 3 N–H and O–H groups in total. The first kappa shape index (κ1) is 19.3. The molecule has 0 saturated carbocycles. The molecule has 6 heteroatoms. The molecule has 0 bridgehead atoms. The van der Waals surface area contributed by atoms with Crippen molar-refractivity contribution in [1.29, 1.82) is 0 Å². The van der Waals surface area contributed by atoms with E-state index in [1.165, 1.54) is 0 Å². The number of likely N-dealkylation sites (N-methyl/N-ethyl adjacent to an activating group) is 1. The summed E-state index contributed by atoms with van der Waals surface area (Å²) in [4.78, 5) is 11.8. The zero-order valence-corrected chi connectivity index (χ0v) is 14.0. The van der Waals surface area contributed by atoms with E-state index in [9.17, 15) is 9.90 Å². The maximum absolute atomic E-state index is 11.8. The van der Waals surface area contributed by atoms with E-state index in [1.54, 1.807) is 6.07 Å². The van der Waals surface area contributed by atoms with E-state index < -0.39 is 12.2 Å². The highest BCUT2D eigenvalue weighted by molar-refractivity contribution is 5.86. The van der Waals surface area contributed by atoms with Crippen molar-refractivity contribution in [2.75, 3.05) is 31.6 Å². The Hall–Kier alpha value is -1.79. The molecule has 0 aliphatic rings. The van der Waals surface area contributed by atoms with Crippen LogP contribution in [-0.4, -0.2) is 43.6 Å². The molecule has 0 radical (unpaired) electrons. The molecule has 23 heavy (non-hydrogen) atoms. The molecule has 1 aromatic carbocycles. The van der Waals surface area contributed by atoms with Crippen molar-refractivity contribution < 1.29 is 19.4 Å². The minimum Gasteiger partial charge on any atom is -0.491 e. The van der Waals surface area contributed by atoms with E-state index in [-0.39, 0.29) is 6.61 Å². The van der Waals surface area contributed by atoms with Gasteiger partial charge in [-0.15, -0.1) is 0 Å². The molecule has 0 fully saturated rings. The second-order valence-corrected chi connectivity index (χ2v) is 5.24. The largest absolute Gasteiger partial charge is 0.491 e. The lowest BCUT2D eigenvalue weighted by atomic mass is 10.2. The van der Waals surface area contributed by atoms with Crippen molar-refractivity contribution in [3.63, 3.8) is 0 Å². The Kier molecular flexibility index (Phi) is 9.83. The van der Waals surface area contributed by atoms with E-state index in [4.69, 9.17) is 9.47 Å². The van der Waals surface area contributed by atoms with Gasteiger partial charge in [-0.2, -0.15) is 0 Å². The lowest BCUT2D eigenvalue weighted by Crippen LogP contribution is -2.31. The maximum atomic E-state index is 11.8. The third-order valence-electron chi connectivity index (χ3n) is 3.17. The van der Waals surface area contributed by atoms with Gasteiger partial charge < -0.3 is 19.9 Å². The number of anilines is 1. The molecule has 1 atom stereocenters. The fourth-order valence-corrected chi connectivity index (χ4v) is 1.92. The Morgan fingerprint density at radius 1 is 1.26 bits per heavy atom. The van der Waals surface area contributed by atoms with Crippen molar-refractivity contribution >= 4 is 11.8 Å². The lowest BCUT2D eigenvalue weighted by Gasteiger charge is -2.14. The molecule has 130 valence electrons. The zero-order valence-electron chi connectivity index (χ0n) is 14.0. The number of carbonyl (C=O) groups is 1. The number of nitrogens with one attached hydrogen (secondary N) is 2. The quantitative estimate of drug-likeness (QED) is 0.545. The van der Waals surface area contributed by atoms with Gasteiger partial charge in [-0.25, -0.2) is 4.79 Å². The number of rotatable bonds is 11. The van der Waals surface area contributed by atoms with Crippen LogP contribution in [0.2, 0.25) is 0 Å². The van der Waals surface area contributed by atoms with Gasteiger partial charge in [0.2, 0.25) is 0 Å². The average molecular weight is 324 g/mol. The zero-order chi connectivity index (χ0) is 16.9. The molecule has 1 amide bonds. The Morgan fingerprint density at radius 3 is 2.78 bits per heavy atom. The van der Waals surface area contributed by atoms with Gasteiger partial charge in [-0.1, -0.05) is 38.8 Å². The highest BCUT2D eigenvalue weighted by Crippen LogP contribution is 2.24.